The number of hydrogen-bond acceptors (Lipinski definition) is 8. The summed E-state index contributed by atoms with van der Waals surface area (Å²) >= 11 is 0. The van der Waals surface area contributed by atoms with E-state index < -0.39 is 57.6 Å². The molecule has 0 saturated carbocycles. The number of esters is 1. The maximum atomic E-state index is 12.3. The first kappa shape index (κ1) is 57.6. The van der Waals surface area contributed by atoms with E-state index in [1.54, 1.807) is 0 Å². The highest BCUT2D eigenvalue weighted by Gasteiger charge is 2.28. The number of carboxylic acid groups (broad SMARTS) is 1. The predicted octanol–water partition coefficient (Wildman–Crippen LogP) is 11.8. The second kappa shape index (κ2) is 43.3. The summed E-state index contributed by atoms with van der Waals surface area (Å²) in [5, 5.41) is 21.8. The van der Waals surface area contributed by atoms with E-state index in [-0.39, 0.29) is 12.8 Å². The van der Waals surface area contributed by atoms with Crippen molar-refractivity contribution in [2.45, 2.75) is 142 Å². The van der Waals surface area contributed by atoms with Crippen LogP contribution in [0.3, 0.4) is 0 Å². The van der Waals surface area contributed by atoms with Gasteiger partial charge in [-0.05, 0) is 103 Å². The number of carbonyl (C=O) groups is 3. The first-order valence-corrected chi connectivity index (χ1v) is 23.7. The van der Waals surface area contributed by atoms with Gasteiger partial charge in [0.1, 0.15) is 12.7 Å². The smallest absolute Gasteiger partial charge is 0.472 e. The highest BCUT2D eigenvalue weighted by molar-refractivity contribution is 7.47. The molecule has 0 bridgehead atoms. The number of nitrogens with one attached hydrogen (secondary N) is 1. The summed E-state index contributed by atoms with van der Waals surface area (Å²) in [4.78, 5) is 45.9. The molecule has 11 nitrogen and oxygen atoms in total. The van der Waals surface area contributed by atoms with E-state index in [0.717, 1.165) is 83.5 Å². The molecule has 0 radical (unpaired) electrons. The summed E-state index contributed by atoms with van der Waals surface area (Å²) in [5.74, 6) is -2.53. The molecule has 0 spiro atoms. The van der Waals surface area contributed by atoms with E-state index in [0.29, 0.717) is 19.3 Å². The molecule has 0 rings (SSSR count). The van der Waals surface area contributed by atoms with Crippen molar-refractivity contribution in [2.75, 3.05) is 19.8 Å². The van der Waals surface area contributed by atoms with Gasteiger partial charge in [0.2, 0.25) is 5.91 Å². The Bertz CT molecular complexity index is 1550. The maximum absolute atomic E-state index is 12.3. The van der Waals surface area contributed by atoms with Crippen LogP contribution in [0.25, 0.3) is 0 Å². The van der Waals surface area contributed by atoms with E-state index in [1.807, 2.05) is 12.2 Å². The summed E-state index contributed by atoms with van der Waals surface area (Å²) in [6, 6.07) is -1.59. The number of rotatable bonds is 39. The fourth-order valence-electron chi connectivity index (χ4n) is 5.06. The first-order chi connectivity index (χ1) is 30.1. The van der Waals surface area contributed by atoms with Crippen LogP contribution in [-0.2, 0) is 32.7 Å². The molecule has 346 valence electrons. The van der Waals surface area contributed by atoms with Crippen molar-refractivity contribution in [1.82, 2.24) is 5.32 Å². The third-order valence-corrected chi connectivity index (χ3v) is 9.39. The van der Waals surface area contributed by atoms with E-state index in [2.05, 4.69) is 141 Å². The zero-order valence-corrected chi connectivity index (χ0v) is 38.2. The fourth-order valence-corrected chi connectivity index (χ4v) is 5.83. The number of carbonyl (C=O) groups excluding carboxylic acids is 2. The molecule has 3 atom stereocenters. The van der Waals surface area contributed by atoms with Gasteiger partial charge >= 0.3 is 19.8 Å². The molecule has 0 aromatic heterocycles. The van der Waals surface area contributed by atoms with Crippen LogP contribution >= 0.6 is 7.82 Å². The van der Waals surface area contributed by atoms with E-state index in [1.165, 1.54) is 0 Å². The van der Waals surface area contributed by atoms with Gasteiger partial charge < -0.3 is 25.2 Å². The van der Waals surface area contributed by atoms with E-state index >= 15 is 0 Å². The molecule has 1 amide bonds. The van der Waals surface area contributed by atoms with Crippen LogP contribution < -0.4 is 5.32 Å². The van der Waals surface area contributed by atoms with Gasteiger partial charge in [-0.15, -0.1) is 0 Å². The van der Waals surface area contributed by atoms with Crippen molar-refractivity contribution < 1.29 is 47.8 Å². The normalized spacial score (nSPS) is 14.9. The number of aliphatic carboxylic acids is 1. The molecule has 62 heavy (non-hydrogen) atoms. The Labute approximate surface area is 372 Å². The zero-order valence-electron chi connectivity index (χ0n) is 37.4. The largest absolute Gasteiger partial charge is 0.480 e. The number of carboxylic acids is 1. The number of phosphoric ester groups is 1. The van der Waals surface area contributed by atoms with E-state index in [4.69, 9.17) is 13.8 Å². The van der Waals surface area contributed by atoms with Crippen LogP contribution in [0.5, 0.6) is 0 Å². The lowest BCUT2D eigenvalue weighted by atomic mass is 10.2. The third-order valence-electron chi connectivity index (χ3n) is 8.43. The number of hydrogen-bond donors (Lipinski definition) is 4. The molecule has 0 heterocycles. The van der Waals surface area contributed by atoms with E-state index in [9.17, 15) is 34.1 Å². The summed E-state index contributed by atoms with van der Waals surface area (Å²) < 4.78 is 26.8. The molecule has 4 N–H and O–H groups in total. The minimum atomic E-state index is -4.79. The Morgan fingerprint density at radius 2 is 0.887 bits per heavy atom. The summed E-state index contributed by atoms with van der Waals surface area (Å²) in [7, 11) is -4.79. The van der Waals surface area contributed by atoms with Crippen molar-refractivity contribution in [1.29, 1.82) is 0 Å². The van der Waals surface area contributed by atoms with Gasteiger partial charge in [0.25, 0.3) is 0 Å². The quantitative estimate of drug-likeness (QED) is 0.0202. The molecule has 0 aliphatic carbocycles. The second-order valence-corrected chi connectivity index (χ2v) is 15.6. The van der Waals surface area contributed by atoms with Gasteiger partial charge in [-0.1, -0.05) is 148 Å². The number of unbranched alkanes of at least 4 members (excludes halogenated alkanes) is 3. The Morgan fingerprint density at radius 1 is 0.516 bits per heavy atom. The molecule has 0 aromatic carbocycles. The standard InChI is InChI=1S/C50H76NO10P/c1-3-5-7-9-11-13-15-17-19-20-21-22-23-24-25-26-28-29-31-33-35-37-39-41-48(53)51-47(50(55)56)45-61-62(57,58)60-44-46(52)43-59-49(54)42-40-38-36-34-32-30-27-18-16-14-12-10-8-6-4-2/h5-8,11-14,17-19,21-22,24-25,27-29,32-35,46-47,52H,3-4,9-10,15-16,20,23,26,30-31,36-45H2,1-2H3,(H,51,53)(H,55,56)(H,57,58)/b7-5-,8-6-,13-11-,14-12-,19-17-,22-21-,25-24-,27-18-,29-28-,34-32-,35-33-. The highest BCUT2D eigenvalue weighted by atomic mass is 31.2. The van der Waals surface area contributed by atoms with Crippen molar-refractivity contribution in [3.63, 3.8) is 0 Å². The third kappa shape index (κ3) is 42.3. The SMILES string of the molecule is CC/C=C\C/C=C\C/C=C\C/C=C\C/C=C\C/C=C\C/C=C\CCCC(=O)NC(COP(=O)(O)OCC(O)COC(=O)CCCC/C=C\C/C=C\C/C=C\C/C=C\CC)C(=O)O. The first-order valence-electron chi connectivity index (χ1n) is 22.2. The Kier molecular flexibility index (Phi) is 40.2. The molecular weight excluding hydrogens is 806 g/mol. The topological polar surface area (TPSA) is 169 Å². The Hall–Kier alpha value is -4.38. The lowest BCUT2D eigenvalue weighted by molar-refractivity contribution is -0.147. The van der Waals surface area contributed by atoms with Crippen LogP contribution in [0.1, 0.15) is 129 Å². The van der Waals surface area contributed by atoms with Crippen molar-refractivity contribution in [3.05, 3.63) is 134 Å². The number of aliphatic hydroxyl groups excluding tert-OH is 1. The van der Waals surface area contributed by atoms with Crippen molar-refractivity contribution >= 4 is 25.7 Å². The molecule has 0 aliphatic heterocycles. The Morgan fingerprint density at radius 3 is 1.29 bits per heavy atom. The van der Waals surface area contributed by atoms with Gasteiger partial charge in [0.05, 0.1) is 13.2 Å². The van der Waals surface area contributed by atoms with Crippen LogP contribution in [0.4, 0.5) is 0 Å². The van der Waals surface area contributed by atoms with Crippen molar-refractivity contribution in [3.8, 4) is 0 Å². The monoisotopic (exact) mass is 882 g/mol. The lowest BCUT2D eigenvalue weighted by Crippen LogP contribution is -2.43. The summed E-state index contributed by atoms with van der Waals surface area (Å²) in [6.07, 6.45) is 59.2. The van der Waals surface area contributed by atoms with Crippen molar-refractivity contribution in [2.24, 2.45) is 0 Å². The van der Waals surface area contributed by atoms with Gasteiger partial charge in [-0.3, -0.25) is 18.6 Å². The molecule has 0 fully saturated rings. The van der Waals surface area contributed by atoms with Gasteiger partial charge in [0, 0.05) is 12.8 Å². The van der Waals surface area contributed by atoms with Gasteiger partial charge in [-0.2, -0.15) is 0 Å². The fraction of sp³-hybridized carbons (Fsp3) is 0.500. The van der Waals surface area contributed by atoms with Gasteiger partial charge in [-0.25, -0.2) is 9.36 Å². The average Bonchev–Trinajstić information content (AvgIpc) is 3.25. The van der Waals surface area contributed by atoms with Crippen LogP contribution in [0, 0.1) is 0 Å². The second-order valence-electron chi connectivity index (χ2n) is 14.1. The minimum Gasteiger partial charge on any atom is -0.480 e. The number of amides is 1. The molecule has 0 saturated heterocycles. The molecule has 12 heteroatoms. The number of phosphoric acid groups is 1. The predicted molar refractivity (Wildman–Crippen MR) is 253 cm³/mol. The maximum Gasteiger partial charge on any atom is 0.472 e. The Balaban J connectivity index is 4.09. The molecule has 0 aromatic rings. The van der Waals surface area contributed by atoms with Crippen LogP contribution in [0.2, 0.25) is 0 Å². The number of aliphatic hydroxyl groups is 1. The highest BCUT2D eigenvalue weighted by Crippen LogP contribution is 2.43. The minimum absolute atomic E-state index is 0.0531. The lowest BCUT2D eigenvalue weighted by Gasteiger charge is -2.18. The number of allylic oxidation sites excluding steroid dienone is 22. The molecule has 3 unspecified atom stereocenters. The van der Waals surface area contributed by atoms with Crippen LogP contribution in [-0.4, -0.2) is 64.9 Å². The molecular formula is C50H76NO10P. The number of ether oxygens (including phenoxy) is 1. The van der Waals surface area contributed by atoms with Gasteiger partial charge in [0.15, 0.2) is 6.04 Å². The average molecular weight is 882 g/mol. The van der Waals surface area contributed by atoms with Crippen LogP contribution in [0.15, 0.2) is 134 Å². The molecule has 0 aliphatic rings. The summed E-state index contributed by atoms with van der Waals surface area (Å²) in [6.45, 7) is 2.25. The zero-order chi connectivity index (χ0) is 45.6. The summed E-state index contributed by atoms with van der Waals surface area (Å²) in [5.41, 5.74) is 0.